The molecule has 1 aliphatic rings. The molecule has 0 aromatic heterocycles. The number of hydrogen-bond donors (Lipinski definition) is 1. The molecule has 1 rings (SSSR count). The summed E-state index contributed by atoms with van der Waals surface area (Å²) in [6.45, 7) is 10.5. The lowest BCUT2D eigenvalue weighted by Crippen LogP contribution is -2.49. The van der Waals surface area contributed by atoms with Crippen LogP contribution in [0.5, 0.6) is 0 Å². The Balaban J connectivity index is 2.35. The van der Waals surface area contributed by atoms with Crippen molar-refractivity contribution in [1.82, 2.24) is 4.90 Å². The number of ether oxygens (including phenoxy) is 2. The zero-order valence-electron chi connectivity index (χ0n) is 12.6. The zero-order chi connectivity index (χ0) is 14.5. The molecule has 0 spiro atoms. The molecule has 0 saturated carbocycles. The van der Waals surface area contributed by atoms with Gasteiger partial charge in [0.15, 0.2) is 0 Å². The number of aliphatic hydroxyl groups is 1. The van der Waals surface area contributed by atoms with Crippen LogP contribution in [0.1, 0.15) is 34.1 Å². The van der Waals surface area contributed by atoms with E-state index in [-0.39, 0.29) is 18.8 Å². The van der Waals surface area contributed by atoms with Crippen molar-refractivity contribution in [3.8, 4) is 12.3 Å². The Morgan fingerprint density at radius 3 is 2.53 bits per heavy atom. The standard InChI is InChI=1S/C15H27NO3/c1-6-15(5,7-2)18-11-14(17)10-16-8-12(3)19-13(4)9-16/h1,12-14,17H,7-11H2,2-5H3/t12-,13+,14-,15-/m0/s1. The highest BCUT2D eigenvalue weighted by Gasteiger charge is 2.25. The van der Waals surface area contributed by atoms with Crippen molar-refractivity contribution in [2.45, 2.75) is 58.0 Å². The van der Waals surface area contributed by atoms with Gasteiger partial charge in [-0.1, -0.05) is 12.8 Å². The first-order valence-electron chi connectivity index (χ1n) is 7.06. The number of β-amino-alcohol motifs (C(OH)–C–C–N with tert-alkyl or cyclic N) is 1. The predicted octanol–water partition coefficient (Wildman–Crippen LogP) is 1.27. The molecule has 4 nitrogen and oxygen atoms in total. The second-order valence-corrected chi connectivity index (χ2v) is 5.67. The minimum atomic E-state index is -0.577. The monoisotopic (exact) mass is 269 g/mol. The molecule has 1 N–H and O–H groups in total. The smallest absolute Gasteiger partial charge is 0.125 e. The summed E-state index contributed by atoms with van der Waals surface area (Å²) in [6.07, 6.45) is 6.08. The number of rotatable bonds is 6. The third kappa shape index (κ3) is 5.50. The Bertz CT molecular complexity index is 305. The number of morpholine rings is 1. The van der Waals surface area contributed by atoms with Gasteiger partial charge in [0.2, 0.25) is 0 Å². The van der Waals surface area contributed by atoms with Crippen LogP contribution in [0, 0.1) is 12.3 Å². The summed E-state index contributed by atoms with van der Waals surface area (Å²) in [5.41, 5.74) is -0.577. The van der Waals surface area contributed by atoms with Crippen molar-refractivity contribution in [1.29, 1.82) is 0 Å². The molecule has 0 aromatic carbocycles. The minimum Gasteiger partial charge on any atom is -0.389 e. The summed E-state index contributed by atoms with van der Waals surface area (Å²) in [7, 11) is 0. The lowest BCUT2D eigenvalue weighted by molar-refractivity contribution is -0.0904. The van der Waals surface area contributed by atoms with Crippen molar-refractivity contribution < 1.29 is 14.6 Å². The Labute approximate surface area is 117 Å². The van der Waals surface area contributed by atoms with Gasteiger partial charge in [0.1, 0.15) is 5.60 Å². The van der Waals surface area contributed by atoms with E-state index in [1.165, 1.54) is 0 Å². The van der Waals surface area contributed by atoms with E-state index in [0.29, 0.717) is 6.54 Å². The Morgan fingerprint density at radius 1 is 1.47 bits per heavy atom. The molecular weight excluding hydrogens is 242 g/mol. The highest BCUT2D eigenvalue weighted by atomic mass is 16.5. The maximum Gasteiger partial charge on any atom is 0.125 e. The maximum absolute atomic E-state index is 10.1. The third-order valence-corrected chi connectivity index (χ3v) is 3.54. The molecule has 4 atom stereocenters. The molecule has 0 bridgehead atoms. The van der Waals surface area contributed by atoms with Gasteiger partial charge < -0.3 is 14.6 Å². The second kappa shape index (κ2) is 7.25. The number of terminal acetylenes is 1. The fraction of sp³-hybridized carbons (Fsp3) is 0.867. The molecule has 0 unspecified atom stereocenters. The minimum absolute atomic E-state index is 0.212. The first kappa shape index (κ1) is 16.5. The van der Waals surface area contributed by atoms with E-state index < -0.39 is 11.7 Å². The van der Waals surface area contributed by atoms with Gasteiger partial charge in [-0.15, -0.1) is 6.42 Å². The SMILES string of the molecule is C#C[C@@](C)(CC)OC[C@@H](O)CN1C[C@@H](C)O[C@@H](C)C1. The van der Waals surface area contributed by atoms with E-state index in [4.69, 9.17) is 15.9 Å². The van der Waals surface area contributed by atoms with E-state index in [0.717, 1.165) is 19.5 Å². The molecule has 1 aliphatic heterocycles. The fourth-order valence-corrected chi connectivity index (χ4v) is 2.31. The van der Waals surface area contributed by atoms with Gasteiger partial charge in [-0.3, -0.25) is 4.90 Å². The van der Waals surface area contributed by atoms with Crippen molar-refractivity contribution in [3.05, 3.63) is 0 Å². The van der Waals surface area contributed by atoms with Crippen LogP contribution in [-0.4, -0.2) is 60.2 Å². The van der Waals surface area contributed by atoms with E-state index in [1.54, 1.807) is 0 Å². The largest absolute Gasteiger partial charge is 0.389 e. The Hall–Kier alpha value is -0.600. The van der Waals surface area contributed by atoms with E-state index in [1.807, 2.05) is 13.8 Å². The second-order valence-electron chi connectivity index (χ2n) is 5.67. The van der Waals surface area contributed by atoms with Crippen molar-refractivity contribution in [2.75, 3.05) is 26.2 Å². The first-order chi connectivity index (χ1) is 8.88. The van der Waals surface area contributed by atoms with Crippen molar-refractivity contribution >= 4 is 0 Å². The zero-order valence-corrected chi connectivity index (χ0v) is 12.6. The summed E-state index contributed by atoms with van der Waals surface area (Å²) in [5, 5.41) is 10.1. The van der Waals surface area contributed by atoms with E-state index in [9.17, 15) is 5.11 Å². The molecular formula is C15H27NO3. The highest BCUT2D eigenvalue weighted by Crippen LogP contribution is 2.15. The molecule has 1 fully saturated rings. The molecule has 1 saturated heterocycles. The number of hydrogen-bond acceptors (Lipinski definition) is 4. The summed E-state index contributed by atoms with van der Waals surface area (Å²) >= 11 is 0. The summed E-state index contributed by atoms with van der Waals surface area (Å²) in [5.74, 6) is 2.63. The molecule has 0 radical (unpaired) electrons. The molecule has 19 heavy (non-hydrogen) atoms. The average Bonchev–Trinajstić information content (AvgIpc) is 2.35. The van der Waals surface area contributed by atoms with Crippen LogP contribution in [0.15, 0.2) is 0 Å². The third-order valence-electron chi connectivity index (χ3n) is 3.54. The molecule has 0 amide bonds. The molecule has 0 aromatic rings. The Morgan fingerprint density at radius 2 is 2.05 bits per heavy atom. The van der Waals surface area contributed by atoms with E-state index >= 15 is 0 Å². The number of nitrogens with zero attached hydrogens (tertiary/aromatic N) is 1. The lowest BCUT2D eigenvalue weighted by Gasteiger charge is -2.36. The summed E-state index contributed by atoms with van der Waals surface area (Å²) < 4.78 is 11.3. The molecule has 1 heterocycles. The average molecular weight is 269 g/mol. The van der Waals surface area contributed by atoms with Crippen molar-refractivity contribution in [2.24, 2.45) is 0 Å². The highest BCUT2D eigenvalue weighted by molar-refractivity contribution is 5.05. The van der Waals surface area contributed by atoms with Crippen LogP contribution < -0.4 is 0 Å². The van der Waals surface area contributed by atoms with Crippen LogP contribution in [-0.2, 0) is 9.47 Å². The van der Waals surface area contributed by atoms with Gasteiger partial charge in [-0.2, -0.15) is 0 Å². The van der Waals surface area contributed by atoms with Crippen LogP contribution in [0.25, 0.3) is 0 Å². The Kier molecular flexibility index (Phi) is 6.28. The fourth-order valence-electron chi connectivity index (χ4n) is 2.31. The lowest BCUT2D eigenvalue weighted by atomic mass is 10.1. The van der Waals surface area contributed by atoms with Gasteiger partial charge >= 0.3 is 0 Å². The van der Waals surface area contributed by atoms with Crippen LogP contribution in [0.4, 0.5) is 0 Å². The van der Waals surface area contributed by atoms with Gasteiger partial charge in [-0.25, -0.2) is 0 Å². The van der Waals surface area contributed by atoms with Gasteiger partial charge in [-0.05, 0) is 27.2 Å². The quantitative estimate of drug-likeness (QED) is 0.738. The first-order valence-corrected chi connectivity index (χ1v) is 7.06. The normalized spacial score (nSPS) is 29.5. The predicted molar refractivity (Wildman–Crippen MR) is 75.9 cm³/mol. The van der Waals surface area contributed by atoms with Gasteiger partial charge in [0, 0.05) is 19.6 Å². The number of aliphatic hydroxyl groups excluding tert-OH is 1. The topological polar surface area (TPSA) is 41.9 Å². The molecule has 0 aliphatic carbocycles. The van der Waals surface area contributed by atoms with Crippen molar-refractivity contribution in [3.63, 3.8) is 0 Å². The summed E-state index contributed by atoms with van der Waals surface area (Å²) in [4.78, 5) is 2.21. The van der Waals surface area contributed by atoms with Crippen LogP contribution >= 0.6 is 0 Å². The molecule has 110 valence electrons. The summed E-state index contributed by atoms with van der Waals surface area (Å²) in [6, 6.07) is 0. The van der Waals surface area contributed by atoms with Crippen LogP contribution in [0.2, 0.25) is 0 Å². The van der Waals surface area contributed by atoms with Gasteiger partial charge in [0.25, 0.3) is 0 Å². The van der Waals surface area contributed by atoms with Gasteiger partial charge in [0.05, 0.1) is 24.9 Å². The molecule has 4 heteroatoms. The maximum atomic E-state index is 10.1. The van der Waals surface area contributed by atoms with Crippen LogP contribution in [0.3, 0.4) is 0 Å². The van der Waals surface area contributed by atoms with E-state index in [2.05, 4.69) is 24.7 Å².